The molecule has 2 nitrogen and oxygen atoms in total. The summed E-state index contributed by atoms with van der Waals surface area (Å²) >= 11 is 3.43. The Labute approximate surface area is 163 Å². The lowest BCUT2D eigenvalue weighted by Crippen LogP contribution is -2.45. The predicted molar refractivity (Wildman–Crippen MR) is 113 cm³/mol. The molecule has 0 atom stereocenters. The minimum Gasteiger partial charge on any atom is -0.362 e. The Bertz CT molecular complexity index is 884. The summed E-state index contributed by atoms with van der Waals surface area (Å²) in [5.74, 6) is -0.242. The molecule has 0 saturated heterocycles. The van der Waals surface area contributed by atoms with Gasteiger partial charge in [-0.2, -0.15) is 0 Å². The Morgan fingerprint density at radius 2 is 2.00 bits per heavy atom. The third kappa shape index (κ3) is 3.75. The molecule has 0 N–H and O–H groups in total. The Morgan fingerprint density at radius 1 is 1.23 bits per heavy atom. The van der Waals surface area contributed by atoms with E-state index >= 15 is 0 Å². The first kappa shape index (κ1) is 18.8. The number of hydrogen-bond donors (Lipinski definition) is 0. The van der Waals surface area contributed by atoms with Gasteiger partial charge in [-0.25, -0.2) is 4.39 Å². The molecule has 136 valence electrons. The van der Waals surface area contributed by atoms with Crippen LogP contribution in [0.1, 0.15) is 45.2 Å². The zero-order valence-corrected chi connectivity index (χ0v) is 17.3. The lowest BCUT2D eigenvalue weighted by molar-refractivity contribution is 0.546. The lowest BCUT2D eigenvalue weighted by atomic mass is 9.87. The van der Waals surface area contributed by atoms with Crippen molar-refractivity contribution < 1.29 is 4.39 Å². The molecule has 0 amide bonds. The summed E-state index contributed by atoms with van der Waals surface area (Å²) < 4.78 is 15.8. The van der Waals surface area contributed by atoms with E-state index in [1.807, 2.05) is 30.3 Å². The van der Waals surface area contributed by atoms with Gasteiger partial charge >= 0.3 is 0 Å². The first-order chi connectivity index (χ1) is 12.3. The zero-order valence-electron chi connectivity index (χ0n) is 15.7. The lowest BCUT2D eigenvalue weighted by Gasteiger charge is -2.43. The van der Waals surface area contributed by atoms with Crippen LogP contribution in [-0.2, 0) is 0 Å². The van der Waals surface area contributed by atoms with Crippen LogP contribution in [0.2, 0.25) is 0 Å². The maximum Gasteiger partial charge on any atom is 0.134 e. The van der Waals surface area contributed by atoms with E-state index in [-0.39, 0.29) is 11.4 Å². The van der Waals surface area contributed by atoms with Gasteiger partial charge in [-0.15, -0.1) is 0 Å². The summed E-state index contributed by atoms with van der Waals surface area (Å²) in [6.45, 7) is 9.49. The minimum atomic E-state index is -0.242. The molecule has 0 bridgehead atoms. The number of rotatable bonds is 4. The van der Waals surface area contributed by atoms with Crippen LogP contribution in [0.15, 0.2) is 51.9 Å². The van der Waals surface area contributed by atoms with E-state index in [0.717, 1.165) is 34.4 Å². The van der Waals surface area contributed by atoms with E-state index in [4.69, 9.17) is 0 Å². The van der Waals surface area contributed by atoms with Gasteiger partial charge in [0.2, 0.25) is 0 Å². The summed E-state index contributed by atoms with van der Waals surface area (Å²) in [6.07, 6.45) is 4.89. The van der Waals surface area contributed by atoms with Crippen molar-refractivity contribution in [2.45, 2.75) is 39.7 Å². The molecular formula is C22H24BrFN2. The SMILES string of the molecule is CCCN1c2cc(F)c(C=Nc3cccc(Br)c3)cc2C(C)=CC1(C)C. The van der Waals surface area contributed by atoms with E-state index in [0.29, 0.717) is 5.56 Å². The molecule has 1 aliphatic heterocycles. The van der Waals surface area contributed by atoms with Crippen molar-refractivity contribution in [1.82, 2.24) is 0 Å². The standard InChI is InChI=1S/C22H24BrFN2/c1-5-9-26-21-12-20(24)16(10-19(21)15(2)13-22(26,3)4)14-25-18-8-6-7-17(23)11-18/h6-8,10-14H,5,9H2,1-4H3. The first-order valence-corrected chi connectivity index (χ1v) is 9.72. The third-order valence-electron chi connectivity index (χ3n) is 4.70. The average molecular weight is 415 g/mol. The molecule has 2 aromatic carbocycles. The van der Waals surface area contributed by atoms with Crippen LogP contribution in [0.3, 0.4) is 0 Å². The highest BCUT2D eigenvalue weighted by Gasteiger charge is 2.31. The summed E-state index contributed by atoms with van der Waals surface area (Å²) in [4.78, 5) is 6.71. The van der Waals surface area contributed by atoms with E-state index < -0.39 is 0 Å². The first-order valence-electron chi connectivity index (χ1n) is 8.92. The van der Waals surface area contributed by atoms with E-state index in [1.54, 1.807) is 12.3 Å². The highest BCUT2D eigenvalue weighted by atomic mass is 79.9. The van der Waals surface area contributed by atoms with Crippen molar-refractivity contribution in [3.05, 3.63) is 63.9 Å². The molecule has 3 rings (SSSR count). The minimum absolute atomic E-state index is 0.120. The van der Waals surface area contributed by atoms with E-state index in [2.05, 4.69) is 59.6 Å². The second kappa shape index (κ2) is 7.36. The molecular weight excluding hydrogens is 391 g/mol. The third-order valence-corrected chi connectivity index (χ3v) is 5.20. The number of halogens is 2. The average Bonchev–Trinajstić information content (AvgIpc) is 2.57. The van der Waals surface area contributed by atoms with Gasteiger partial charge in [0.05, 0.1) is 11.2 Å². The normalized spacial score (nSPS) is 15.9. The predicted octanol–water partition coefficient (Wildman–Crippen LogP) is 6.75. The second-order valence-corrected chi connectivity index (χ2v) is 8.18. The quantitative estimate of drug-likeness (QED) is 0.505. The number of allylic oxidation sites excluding steroid dienone is 1. The smallest absolute Gasteiger partial charge is 0.134 e. The zero-order chi connectivity index (χ0) is 18.9. The van der Waals surface area contributed by atoms with Gasteiger partial charge in [-0.05, 0) is 63.1 Å². The summed E-state index contributed by atoms with van der Waals surface area (Å²) in [7, 11) is 0. The molecule has 0 unspecified atom stereocenters. The molecule has 4 heteroatoms. The van der Waals surface area contributed by atoms with E-state index in [9.17, 15) is 4.39 Å². The fourth-order valence-electron chi connectivity index (χ4n) is 3.55. The van der Waals surface area contributed by atoms with Crippen LogP contribution in [0.4, 0.5) is 15.8 Å². The molecule has 1 heterocycles. The van der Waals surface area contributed by atoms with Crippen LogP contribution >= 0.6 is 15.9 Å². The largest absolute Gasteiger partial charge is 0.362 e. The number of fused-ring (bicyclic) bond motifs is 1. The summed E-state index contributed by atoms with van der Waals surface area (Å²) in [5.41, 5.74) is 4.40. The maximum absolute atomic E-state index is 14.8. The van der Waals surface area contributed by atoms with Crippen LogP contribution in [-0.4, -0.2) is 18.3 Å². The van der Waals surface area contributed by atoms with Crippen LogP contribution in [0, 0.1) is 5.82 Å². The number of hydrogen-bond acceptors (Lipinski definition) is 2. The van der Waals surface area contributed by atoms with Gasteiger partial charge in [0, 0.05) is 34.0 Å². The number of benzene rings is 2. The Balaban J connectivity index is 2.03. The van der Waals surface area contributed by atoms with Gasteiger partial charge < -0.3 is 4.90 Å². The molecule has 2 aromatic rings. The molecule has 0 spiro atoms. The Hall–Kier alpha value is -1.94. The molecule has 1 aliphatic rings. The van der Waals surface area contributed by atoms with Crippen molar-refractivity contribution in [2.75, 3.05) is 11.4 Å². The fourth-order valence-corrected chi connectivity index (χ4v) is 3.93. The molecule has 26 heavy (non-hydrogen) atoms. The second-order valence-electron chi connectivity index (χ2n) is 7.26. The molecule has 0 fully saturated rings. The summed E-state index contributed by atoms with van der Waals surface area (Å²) in [5, 5.41) is 0. The van der Waals surface area contributed by atoms with Crippen LogP contribution in [0.25, 0.3) is 5.57 Å². The monoisotopic (exact) mass is 414 g/mol. The van der Waals surface area contributed by atoms with Crippen molar-refractivity contribution in [1.29, 1.82) is 0 Å². The molecule has 0 saturated carbocycles. The fraction of sp³-hybridized carbons (Fsp3) is 0.318. The van der Waals surface area contributed by atoms with Crippen molar-refractivity contribution in [3.8, 4) is 0 Å². The van der Waals surface area contributed by atoms with Crippen LogP contribution in [0.5, 0.6) is 0 Å². The molecule has 0 radical (unpaired) electrons. The van der Waals surface area contributed by atoms with Crippen molar-refractivity contribution in [2.24, 2.45) is 4.99 Å². The van der Waals surface area contributed by atoms with Gasteiger partial charge in [-0.3, -0.25) is 4.99 Å². The highest BCUT2D eigenvalue weighted by molar-refractivity contribution is 9.10. The van der Waals surface area contributed by atoms with Gasteiger partial charge in [-0.1, -0.05) is 35.0 Å². The topological polar surface area (TPSA) is 15.6 Å². The number of aliphatic imine (C=N–C) groups is 1. The van der Waals surface area contributed by atoms with Crippen molar-refractivity contribution >= 4 is 39.1 Å². The number of nitrogens with zero attached hydrogens (tertiary/aromatic N) is 2. The van der Waals surface area contributed by atoms with Gasteiger partial charge in [0.1, 0.15) is 5.82 Å². The van der Waals surface area contributed by atoms with Crippen molar-refractivity contribution in [3.63, 3.8) is 0 Å². The Kier molecular flexibility index (Phi) is 5.33. The summed E-state index contributed by atoms with van der Waals surface area (Å²) in [6, 6.07) is 11.2. The van der Waals surface area contributed by atoms with Crippen LogP contribution < -0.4 is 4.90 Å². The van der Waals surface area contributed by atoms with Gasteiger partial charge in [0.15, 0.2) is 0 Å². The molecule has 0 aliphatic carbocycles. The number of anilines is 1. The highest BCUT2D eigenvalue weighted by Crippen LogP contribution is 2.40. The maximum atomic E-state index is 14.8. The van der Waals surface area contributed by atoms with Gasteiger partial charge in [0.25, 0.3) is 0 Å². The Morgan fingerprint density at radius 3 is 2.69 bits per heavy atom. The molecule has 0 aromatic heterocycles. The van der Waals surface area contributed by atoms with E-state index in [1.165, 1.54) is 5.57 Å².